The predicted molar refractivity (Wildman–Crippen MR) is 72.2 cm³/mol. The summed E-state index contributed by atoms with van der Waals surface area (Å²) < 4.78 is 27.6. The average Bonchev–Trinajstić information content (AvgIpc) is 2.36. The Kier molecular flexibility index (Phi) is 5.78. The number of carbonyl (C=O) groups excluding carboxylic acids is 1. The smallest absolute Gasteiger partial charge is 0.325 e. The Morgan fingerprint density at radius 1 is 1.37 bits per heavy atom. The molecule has 0 atom stereocenters. The molecule has 0 aliphatic carbocycles. The largest absolute Gasteiger partial charge is 0.464 e. The fourth-order valence-electron chi connectivity index (χ4n) is 1.41. The van der Waals surface area contributed by atoms with Crippen molar-refractivity contribution in [3.05, 3.63) is 24.3 Å². The Hall–Kier alpha value is -1.60. The SMILES string of the molecule is CCCCOC(=O)CNc1ccccc1S(N)(=O)=O. The summed E-state index contributed by atoms with van der Waals surface area (Å²) in [7, 11) is -3.82. The van der Waals surface area contributed by atoms with Crippen molar-refractivity contribution in [3.63, 3.8) is 0 Å². The molecule has 0 spiro atoms. The van der Waals surface area contributed by atoms with Crippen molar-refractivity contribution in [2.45, 2.75) is 24.7 Å². The van der Waals surface area contributed by atoms with Gasteiger partial charge in [0, 0.05) is 0 Å². The summed E-state index contributed by atoms with van der Waals surface area (Å²) in [6, 6.07) is 6.13. The van der Waals surface area contributed by atoms with Gasteiger partial charge in [-0.25, -0.2) is 13.6 Å². The number of benzene rings is 1. The lowest BCUT2D eigenvalue weighted by molar-refractivity contribution is -0.141. The van der Waals surface area contributed by atoms with Gasteiger partial charge in [-0.15, -0.1) is 0 Å². The summed E-state index contributed by atoms with van der Waals surface area (Å²) in [5.74, 6) is -0.433. The molecule has 7 heteroatoms. The summed E-state index contributed by atoms with van der Waals surface area (Å²) in [4.78, 5) is 11.3. The van der Waals surface area contributed by atoms with Gasteiger partial charge in [0.15, 0.2) is 0 Å². The van der Waals surface area contributed by atoms with E-state index in [1.165, 1.54) is 6.07 Å². The first-order valence-corrected chi connectivity index (χ1v) is 7.51. The molecule has 0 radical (unpaired) electrons. The number of para-hydroxylation sites is 1. The summed E-state index contributed by atoms with van der Waals surface area (Å²) >= 11 is 0. The van der Waals surface area contributed by atoms with Crippen molar-refractivity contribution in [2.75, 3.05) is 18.5 Å². The van der Waals surface area contributed by atoms with Crippen molar-refractivity contribution >= 4 is 21.7 Å². The van der Waals surface area contributed by atoms with E-state index >= 15 is 0 Å². The van der Waals surface area contributed by atoms with Gasteiger partial charge in [0.2, 0.25) is 10.0 Å². The number of carbonyl (C=O) groups is 1. The normalized spacial score (nSPS) is 11.1. The Labute approximate surface area is 113 Å². The summed E-state index contributed by atoms with van der Waals surface area (Å²) in [5.41, 5.74) is 0.289. The minimum Gasteiger partial charge on any atom is -0.464 e. The monoisotopic (exact) mass is 286 g/mol. The molecule has 1 aromatic rings. The van der Waals surface area contributed by atoms with Crippen LogP contribution in [0.25, 0.3) is 0 Å². The van der Waals surface area contributed by atoms with Gasteiger partial charge in [-0.1, -0.05) is 25.5 Å². The van der Waals surface area contributed by atoms with E-state index in [1.807, 2.05) is 6.92 Å². The van der Waals surface area contributed by atoms with Crippen molar-refractivity contribution in [3.8, 4) is 0 Å². The van der Waals surface area contributed by atoms with Gasteiger partial charge in [0.25, 0.3) is 0 Å². The summed E-state index contributed by atoms with van der Waals surface area (Å²) in [6.45, 7) is 2.26. The number of anilines is 1. The lowest BCUT2D eigenvalue weighted by Gasteiger charge is -2.10. The zero-order valence-corrected chi connectivity index (χ0v) is 11.6. The lowest BCUT2D eigenvalue weighted by atomic mass is 10.3. The predicted octanol–water partition coefficient (Wildman–Crippen LogP) is 1.09. The van der Waals surface area contributed by atoms with Gasteiger partial charge in [0.1, 0.15) is 11.4 Å². The highest BCUT2D eigenvalue weighted by atomic mass is 32.2. The third kappa shape index (κ3) is 5.27. The first kappa shape index (κ1) is 15.5. The van der Waals surface area contributed by atoms with Crippen molar-refractivity contribution in [1.29, 1.82) is 0 Å². The van der Waals surface area contributed by atoms with Gasteiger partial charge in [-0.05, 0) is 18.6 Å². The highest BCUT2D eigenvalue weighted by Gasteiger charge is 2.13. The van der Waals surface area contributed by atoms with E-state index in [0.717, 1.165) is 12.8 Å². The number of hydrogen-bond acceptors (Lipinski definition) is 5. The fraction of sp³-hybridized carbons (Fsp3) is 0.417. The zero-order valence-electron chi connectivity index (χ0n) is 10.8. The van der Waals surface area contributed by atoms with Gasteiger partial charge in [0.05, 0.1) is 12.3 Å². The van der Waals surface area contributed by atoms with Crippen molar-refractivity contribution < 1.29 is 17.9 Å². The second kappa shape index (κ2) is 7.10. The number of sulfonamides is 1. The van der Waals surface area contributed by atoms with Crippen molar-refractivity contribution in [2.24, 2.45) is 5.14 Å². The van der Waals surface area contributed by atoms with Gasteiger partial charge < -0.3 is 10.1 Å². The van der Waals surface area contributed by atoms with E-state index in [1.54, 1.807) is 18.2 Å². The highest BCUT2D eigenvalue weighted by molar-refractivity contribution is 7.89. The second-order valence-corrected chi connectivity index (χ2v) is 5.50. The molecule has 0 aliphatic heterocycles. The van der Waals surface area contributed by atoms with E-state index in [2.05, 4.69) is 5.32 Å². The van der Waals surface area contributed by atoms with Crippen LogP contribution in [0.1, 0.15) is 19.8 Å². The van der Waals surface area contributed by atoms with E-state index in [4.69, 9.17) is 9.88 Å². The van der Waals surface area contributed by atoms with Crippen LogP contribution in [0.2, 0.25) is 0 Å². The third-order valence-corrected chi connectivity index (χ3v) is 3.35. The minimum atomic E-state index is -3.82. The Morgan fingerprint density at radius 2 is 2.05 bits per heavy atom. The number of hydrogen-bond donors (Lipinski definition) is 2. The molecule has 0 heterocycles. The number of nitrogens with two attached hydrogens (primary N) is 1. The topological polar surface area (TPSA) is 98.5 Å². The van der Waals surface area contributed by atoms with Crippen LogP contribution in [0, 0.1) is 0 Å². The molecule has 19 heavy (non-hydrogen) atoms. The summed E-state index contributed by atoms with van der Waals surface area (Å²) in [6.07, 6.45) is 1.74. The van der Waals surface area contributed by atoms with Crippen LogP contribution in [-0.2, 0) is 19.6 Å². The molecule has 0 fully saturated rings. The minimum absolute atomic E-state index is 0.0450. The molecule has 0 saturated carbocycles. The molecule has 0 saturated heterocycles. The fourth-order valence-corrected chi connectivity index (χ4v) is 2.12. The standard InChI is InChI=1S/C12H18N2O4S/c1-2-3-8-18-12(15)9-14-10-6-4-5-7-11(10)19(13,16)17/h4-7,14H,2-3,8-9H2,1H3,(H2,13,16,17). The molecule has 1 rings (SSSR count). The van der Waals surface area contributed by atoms with Crippen LogP contribution in [-0.4, -0.2) is 27.5 Å². The molecule has 1 aromatic carbocycles. The molecule has 0 unspecified atom stereocenters. The van der Waals surface area contributed by atoms with Crippen LogP contribution < -0.4 is 10.5 Å². The number of rotatable bonds is 7. The van der Waals surface area contributed by atoms with Gasteiger partial charge in [-0.3, -0.25) is 4.79 Å². The van der Waals surface area contributed by atoms with E-state index in [0.29, 0.717) is 6.61 Å². The lowest BCUT2D eigenvalue weighted by Crippen LogP contribution is -2.20. The zero-order chi connectivity index (χ0) is 14.3. The number of primary sulfonamides is 1. The number of unbranched alkanes of at least 4 members (excludes halogenated alkanes) is 1. The molecular formula is C12H18N2O4S. The maximum absolute atomic E-state index is 11.4. The molecule has 0 aromatic heterocycles. The maximum Gasteiger partial charge on any atom is 0.325 e. The van der Waals surface area contributed by atoms with Crippen LogP contribution in [0.4, 0.5) is 5.69 Å². The second-order valence-electron chi connectivity index (χ2n) is 3.97. The molecule has 0 amide bonds. The van der Waals surface area contributed by atoms with Crippen LogP contribution in [0.3, 0.4) is 0 Å². The Morgan fingerprint density at radius 3 is 2.68 bits per heavy atom. The quantitative estimate of drug-likeness (QED) is 0.577. The highest BCUT2D eigenvalue weighted by Crippen LogP contribution is 2.18. The Bertz CT molecular complexity index is 528. The molecule has 6 nitrogen and oxygen atoms in total. The molecular weight excluding hydrogens is 268 g/mol. The number of nitrogens with one attached hydrogen (secondary N) is 1. The van der Waals surface area contributed by atoms with Gasteiger partial charge in [-0.2, -0.15) is 0 Å². The van der Waals surface area contributed by atoms with Crippen LogP contribution >= 0.6 is 0 Å². The first-order chi connectivity index (χ1) is 8.95. The number of ether oxygens (including phenoxy) is 1. The van der Waals surface area contributed by atoms with Crippen molar-refractivity contribution in [1.82, 2.24) is 0 Å². The van der Waals surface area contributed by atoms with E-state index in [9.17, 15) is 13.2 Å². The average molecular weight is 286 g/mol. The molecule has 0 bridgehead atoms. The molecule has 106 valence electrons. The molecule has 0 aliphatic rings. The van der Waals surface area contributed by atoms with E-state index < -0.39 is 16.0 Å². The van der Waals surface area contributed by atoms with E-state index in [-0.39, 0.29) is 17.1 Å². The van der Waals surface area contributed by atoms with Crippen LogP contribution in [0.5, 0.6) is 0 Å². The van der Waals surface area contributed by atoms with Crippen LogP contribution in [0.15, 0.2) is 29.2 Å². The molecule has 3 N–H and O–H groups in total. The first-order valence-electron chi connectivity index (χ1n) is 5.96. The van der Waals surface area contributed by atoms with Gasteiger partial charge >= 0.3 is 5.97 Å². The summed E-state index contributed by atoms with van der Waals surface area (Å²) in [5, 5.41) is 7.79. The Balaban J connectivity index is 2.61. The maximum atomic E-state index is 11.4. The number of esters is 1. The third-order valence-electron chi connectivity index (χ3n) is 2.38.